The van der Waals surface area contributed by atoms with Crippen LogP contribution in [0.4, 0.5) is 23.1 Å². The Morgan fingerprint density at radius 2 is 1.85 bits per heavy atom. The van der Waals surface area contributed by atoms with Gasteiger partial charge >= 0.3 is 0 Å². The van der Waals surface area contributed by atoms with Crippen LogP contribution < -0.4 is 10.6 Å². The molecule has 5 heteroatoms. The number of nitrogens with zero attached hydrogens (tertiary/aromatic N) is 3. The van der Waals surface area contributed by atoms with Crippen LogP contribution >= 0.6 is 0 Å². The standard InChI is InChI=1S/C21H21N5/c1-14(2)18-9-4-6-15(3)20(18)25-19-10-11-23-21(26-19)24-17-8-5-7-16(12-17)13-22/h4-12,14H,1-3H3,(H2,23,24,25,26). The maximum atomic E-state index is 9.01. The van der Waals surface area contributed by atoms with Gasteiger partial charge in [-0.05, 0) is 48.2 Å². The van der Waals surface area contributed by atoms with Crippen LogP contribution in [0.15, 0.2) is 54.7 Å². The number of nitriles is 1. The highest BCUT2D eigenvalue weighted by molar-refractivity contribution is 5.66. The zero-order valence-electron chi connectivity index (χ0n) is 15.1. The van der Waals surface area contributed by atoms with Crippen LogP contribution in [0.25, 0.3) is 0 Å². The average Bonchev–Trinajstić information content (AvgIpc) is 2.63. The summed E-state index contributed by atoms with van der Waals surface area (Å²) in [7, 11) is 0. The molecule has 0 saturated heterocycles. The highest BCUT2D eigenvalue weighted by Crippen LogP contribution is 2.29. The fourth-order valence-electron chi connectivity index (χ4n) is 2.75. The zero-order valence-corrected chi connectivity index (χ0v) is 15.1. The van der Waals surface area contributed by atoms with Gasteiger partial charge in [-0.25, -0.2) is 4.98 Å². The molecule has 0 aliphatic rings. The molecule has 130 valence electrons. The highest BCUT2D eigenvalue weighted by Gasteiger charge is 2.10. The molecule has 0 amide bonds. The van der Waals surface area contributed by atoms with E-state index in [4.69, 9.17) is 5.26 Å². The Labute approximate surface area is 153 Å². The van der Waals surface area contributed by atoms with Crippen molar-refractivity contribution in [2.45, 2.75) is 26.7 Å². The Hall–Kier alpha value is -3.39. The van der Waals surface area contributed by atoms with Gasteiger partial charge in [0, 0.05) is 17.6 Å². The molecule has 0 bridgehead atoms. The van der Waals surface area contributed by atoms with Crippen LogP contribution in [0.5, 0.6) is 0 Å². The van der Waals surface area contributed by atoms with Gasteiger partial charge in [0.05, 0.1) is 11.6 Å². The van der Waals surface area contributed by atoms with Gasteiger partial charge < -0.3 is 10.6 Å². The van der Waals surface area contributed by atoms with Crippen molar-refractivity contribution in [3.05, 3.63) is 71.4 Å². The Morgan fingerprint density at radius 3 is 2.62 bits per heavy atom. The Morgan fingerprint density at radius 1 is 1.04 bits per heavy atom. The molecule has 5 nitrogen and oxygen atoms in total. The molecule has 3 rings (SSSR count). The number of aromatic nitrogens is 2. The van der Waals surface area contributed by atoms with E-state index in [2.05, 4.69) is 65.6 Å². The summed E-state index contributed by atoms with van der Waals surface area (Å²) in [5.41, 5.74) is 4.87. The topological polar surface area (TPSA) is 73.6 Å². The van der Waals surface area contributed by atoms with Gasteiger partial charge in [0.2, 0.25) is 5.95 Å². The smallest absolute Gasteiger partial charge is 0.229 e. The van der Waals surface area contributed by atoms with Crippen molar-refractivity contribution >= 4 is 23.1 Å². The van der Waals surface area contributed by atoms with Crippen molar-refractivity contribution in [1.29, 1.82) is 5.26 Å². The molecular formula is C21H21N5. The predicted octanol–water partition coefficient (Wildman–Crippen LogP) is 5.27. The summed E-state index contributed by atoms with van der Waals surface area (Å²) in [5.74, 6) is 1.60. The number of aryl methyl sites for hydroxylation is 1. The van der Waals surface area contributed by atoms with Crippen molar-refractivity contribution in [2.75, 3.05) is 10.6 Å². The van der Waals surface area contributed by atoms with E-state index in [1.807, 2.05) is 18.2 Å². The molecule has 3 aromatic rings. The number of para-hydroxylation sites is 1. The number of nitrogens with one attached hydrogen (secondary N) is 2. The van der Waals surface area contributed by atoms with Gasteiger partial charge in [0.1, 0.15) is 5.82 Å². The second-order valence-corrected chi connectivity index (χ2v) is 6.40. The monoisotopic (exact) mass is 343 g/mol. The van der Waals surface area contributed by atoms with Gasteiger partial charge in [0.25, 0.3) is 0 Å². The number of hydrogen-bond donors (Lipinski definition) is 2. The van der Waals surface area contributed by atoms with E-state index in [-0.39, 0.29) is 0 Å². The molecule has 0 aliphatic heterocycles. The summed E-state index contributed by atoms with van der Waals surface area (Å²) < 4.78 is 0. The highest BCUT2D eigenvalue weighted by atomic mass is 15.1. The summed E-state index contributed by atoms with van der Waals surface area (Å²) in [6.45, 7) is 6.44. The van der Waals surface area contributed by atoms with Crippen LogP contribution in [0.1, 0.15) is 36.5 Å². The molecule has 0 fully saturated rings. The van der Waals surface area contributed by atoms with Crippen LogP contribution in [-0.4, -0.2) is 9.97 Å². The maximum Gasteiger partial charge on any atom is 0.229 e. The van der Waals surface area contributed by atoms with Gasteiger partial charge in [0.15, 0.2) is 0 Å². The minimum absolute atomic E-state index is 0.408. The van der Waals surface area contributed by atoms with Crippen molar-refractivity contribution < 1.29 is 0 Å². The first-order chi connectivity index (χ1) is 12.6. The SMILES string of the molecule is Cc1cccc(C(C)C)c1Nc1ccnc(Nc2cccc(C#N)c2)n1. The van der Waals surface area contributed by atoms with E-state index >= 15 is 0 Å². The first-order valence-electron chi connectivity index (χ1n) is 8.53. The van der Waals surface area contributed by atoms with Crippen molar-refractivity contribution in [3.63, 3.8) is 0 Å². The summed E-state index contributed by atoms with van der Waals surface area (Å²) in [4.78, 5) is 8.81. The Kier molecular flexibility index (Phi) is 5.14. The maximum absolute atomic E-state index is 9.01. The number of benzene rings is 2. The molecule has 0 unspecified atom stereocenters. The number of hydrogen-bond acceptors (Lipinski definition) is 5. The van der Waals surface area contributed by atoms with Crippen molar-refractivity contribution in [3.8, 4) is 6.07 Å². The molecule has 1 heterocycles. The molecule has 2 aromatic carbocycles. The van der Waals surface area contributed by atoms with Gasteiger partial charge in [-0.3, -0.25) is 0 Å². The Bertz CT molecular complexity index is 957. The van der Waals surface area contributed by atoms with Gasteiger partial charge in [-0.2, -0.15) is 10.2 Å². The average molecular weight is 343 g/mol. The van der Waals surface area contributed by atoms with E-state index in [0.29, 0.717) is 17.4 Å². The van der Waals surface area contributed by atoms with Crippen LogP contribution in [-0.2, 0) is 0 Å². The number of rotatable bonds is 5. The predicted molar refractivity (Wildman–Crippen MR) is 105 cm³/mol. The molecule has 1 aromatic heterocycles. The van der Waals surface area contributed by atoms with Crippen LogP contribution in [0, 0.1) is 18.3 Å². The summed E-state index contributed by atoms with van der Waals surface area (Å²) in [5, 5.41) is 15.6. The quantitative estimate of drug-likeness (QED) is 0.660. The lowest BCUT2D eigenvalue weighted by atomic mass is 9.98. The zero-order chi connectivity index (χ0) is 18.5. The second-order valence-electron chi connectivity index (χ2n) is 6.40. The normalized spacial score (nSPS) is 10.4. The third-order valence-corrected chi connectivity index (χ3v) is 4.08. The minimum atomic E-state index is 0.408. The molecule has 0 spiro atoms. The first-order valence-corrected chi connectivity index (χ1v) is 8.53. The van der Waals surface area contributed by atoms with Crippen molar-refractivity contribution in [1.82, 2.24) is 9.97 Å². The fraction of sp³-hybridized carbons (Fsp3) is 0.190. The lowest BCUT2D eigenvalue weighted by Gasteiger charge is -2.17. The summed E-state index contributed by atoms with van der Waals surface area (Å²) >= 11 is 0. The largest absolute Gasteiger partial charge is 0.340 e. The third kappa shape index (κ3) is 3.98. The lowest BCUT2D eigenvalue weighted by Crippen LogP contribution is -2.04. The molecular weight excluding hydrogens is 322 g/mol. The van der Waals surface area contributed by atoms with Crippen molar-refractivity contribution in [2.24, 2.45) is 0 Å². The third-order valence-electron chi connectivity index (χ3n) is 4.08. The molecule has 0 atom stereocenters. The first kappa shape index (κ1) is 17.4. The minimum Gasteiger partial charge on any atom is -0.340 e. The molecule has 0 saturated carbocycles. The van der Waals surface area contributed by atoms with E-state index in [1.165, 1.54) is 11.1 Å². The number of anilines is 4. The molecule has 0 aliphatic carbocycles. The fourth-order valence-corrected chi connectivity index (χ4v) is 2.75. The van der Waals surface area contributed by atoms with E-state index in [1.54, 1.807) is 18.3 Å². The van der Waals surface area contributed by atoms with Gasteiger partial charge in [-0.1, -0.05) is 38.1 Å². The lowest BCUT2D eigenvalue weighted by molar-refractivity contribution is 0.867. The van der Waals surface area contributed by atoms with E-state index in [0.717, 1.165) is 17.2 Å². The Balaban J connectivity index is 1.86. The molecule has 2 N–H and O–H groups in total. The molecule has 26 heavy (non-hydrogen) atoms. The van der Waals surface area contributed by atoms with E-state index in [9.17, 15) is 0 Å². The van der Waals surface area contributed by atoms with Gasteiger partial charge in [-0.15, -0.1) is 0 Å². The second kappa shape index (κ2) is 7.66. The summed E-state index contributed by atoms with van der Waals surface area (Å²) in [6.07, 6.45) is 1.71. The van der Waals surface area contributed by atoms with Crippen LogP contribution in [0.2, 0.25) is 0 Å². The molecule has 0 radical (unpaired) electrons. The van der Waals surface area contributed by atoms with E-state index < -0.39 is 0 Å². The van der Waals surface area contributed by atoms with Crippen LogP contribution in [0.3, 0.4) is 0 Å². The summed E-state index contributed by atoms with van der Waals surface area (Å²) in [6, 6.07) is 17.5.